The maximum absolute atomic E-state index is 11.6. The summed E-state index contributed by atoms with van der Waals surface area (Å²) in [7, 11) is 3.46. The second-order valence-corrected chi connectivity index (χ2v) is 5.13. The number of rotatable bonds is 8. The minimum atomic E-state index is -0.139. The molecule has 0 unspecified atom stereocenters. The average molecular weight is 345 g/mol. The third-order valence-electron chi connectivity index (χ3n) is 2.59. The first-order valence-electron chi connectivity index (χ1n) is 6.52. The lowest BCUT2D eigenvalue weighted by Crippen LogP contribution is -2.29. The van der Waals surface area contributed by atoms with Gasteiger partial charge in [-0.25, -0.2) is 0 Å². The molecule has 0 fully saturated rings. The van der Waals surface area contributed by atoms with Crippen LogP contribution in [0.2, 0.25) is 0 Å². The summed E-state index contributed by atoms with van der Waals surface area (Å²) in [6, 6.07) is 3.83. The molecule has 0 spiro atoms. The molecule has 5 nitrogen and oxygen atoms in total. The Bertz CT molecular complexity index is 452. The molecule has 0 aliphatic heterocycles. The molecule has 0 aliphatic carbocycles. The molecule has 0 bridgehead atoms. The third kappa shape index (κ3) is 5.02. The summed E-state index contributed by atoms with van der Waals surface area (Å²) < 4.78 is 11.6. The van der Waals surface area contributed by atoms with Crippen molar-refractivity contribution < 1.29 is 14.3 Å². The van der Waals surface area contributed by atoms with Crippen LogP contribution in [0, 0.1) is 0 Å². The summed E-state index contributed by atoms with van der Waals surface area (Å²) in [5, 5.41) is 5.84. The van der Waals surface area contributed by atoms with Gasteiger partial charge in [0.15, 0.2) is 18.1 Å². The Kier molecular flexibility index (Phi) is 7.40. The monoisotopic (exact) mass is 344 g/mol. The van der Waals surface area contributed by atoms with Gasteiger partial charge in [-0.2, -0.15) is 0 Å². The zero-order valence-corrected chi connectivity index (χ0v) is 13.7. The molecular weight excluding hydrogens is 324 g/mol. The zero-order chi connectivity index (χ0) is 15.0. The number of hydrogen-bond acceptors (Lipinski definition) is 4. The van der Waals surface area contributed by atoms with Gasteiger partial charge in [-0.05, 0) is 47.1 Å². The predicted octanol–water partition coefficient (Wildman–Crippen LogP) is 2.08. The van der Waals surface area contributed by atoms with Gasteiger partial charge in [0.25, 0.3) is 5.91 Å². The molecular formula is C14H21BrN2O3. The highest BCUT2D eigenvalue weighted by Crippen LogP contribution is 2.36. The SMILES string of the molecule is CCCNC(=O)COc1c(Br)cc(CNC)cc1OC. The Morgan fingerprint density at radius 1 is 1.40 bits per heavy atom. The van der Waals surface area contributed by atoms with Crippen molar-refractivity contribution in [3.05, 3.63) is 22.2 Å². The largest absolute Gasteiger partial charge is 0.493 e. The smallest absolute Gasteiger partial charge is 0.257 e. The molecule has 0 saturated carbocycles. The van der Waals surface area contributed by atoms with Gasteiger partial charge in [0.1, 0.15) is 0 Å². The van der Waals surface area contributed by atoms with E-state index in [-0.39, 0.29) is 12.5 Å². The van der Waals surface area contributed by atoms with Gasteiger partial charge in [-0.15, -0.1) is 0 Å². The van der Waals surface area contributed by atoms with E-state index in [2.05, 4.69) is 26.6 Å². The number of methoxy groups -OCH3 is 1. The molecule has 2 N–H and O–H groups in total. The van der Waals surface area contributed by atoms with Crippen LogP contribution in [0.25, 0.3) is 0 Å². The van der Waals surface area contributed by atoms with Crippen LogP contribution in [0.5, 0.6) is 11.5 Å². The van der Waals surface area contributed by atoms with Gasteiger partial charge in [0, 0.05) is 13.1 Å². The van der Waals surface area contributed by atoms with Gasteiger partial charge in [-0.3, -0.25) is 4.79 Å². The van der Waals surface area contributed by atoms with E-state index in [1.807, 2.05) is 26.1 Å². The summed E-state index contributed by atoms with van der Waals surface area (Å²) in [6.07, 6.45) is 0.900. The lowest BCUT2D eigenvalue weighted by Gasteiger charge is -2.14. The second kappa shape index (κ2) is 8.81. The molecule has 0 saturated heterocycles. The van der Waals surface area contributed by atoms with Crippen molar-refractivity contribution in [3.8, 4) is 11.5 Å². The quantitative estimate of drug-likeness (QED) is 0.757. The summed E-state index contributed by atoms with van der Waals surface area (Å²) in [5.41, 5.74) is 1.07. The van der Waals surface area contributed by atoms with Crippen molar-refractivity contribution in [3.63, 3.8) is 0 Å². The van der Waals surface area contributed by atoms with Crippen molar-refractivity contribution in [2.24, 2.45) is 0 Å². The highest BCUT2D eigenvalue weighted by atomic mass is 79.9. The Morgan fingerprint density at radius 3 is 2.75 bits per heavy atom. The Hall–Kier alpha value is -1.27. The number of carbonyl (C=O) groups excluding carboxylic acids is 1. The first kappa shape index (κ1) is 16.8. The van der Waals surface area contributed by atoms with Crippen molar-refractivity contribution in [1.29, 1.82) is 0 Å². The van der Waals surface area contributed by atoms with Crippen molar-refractivity contribution in [2.45, 2.75) is 19.9 Å². The second-order valence-electron chi connectivity index (χ2n) is 4.28. The number of nitrogens with one attached hydrogen (secondary N) is 2. The molecule has 1 aromatic rings. The summed E-state index contributed by atoms with van der Waals surface area (Å²) in [4.78, 5) is 11.6. The fraction of sp³-hybridized carbons (Fsp3) is 0.500. The molecule has 0 radical (unpaired) electrons. The van der Waals surface area contributed by atoms with E-state index in [9.17, 15) is 4.79 Å². The van der Waals surface area contributed by atoms with Gasteiger partial charge in [0.05, 0.1) is 11.6 Å². The fourth-order valence-corrected chi connectivity index (χ4v) is 2.28. The minimum absolute atomic E-state index is 0.0274. The lowest BCUT2D eigenvalue weighted by atomic mass is 10.2. The molecule has 1 amide bonds. The molecule has 0 aromatic heterocycles. The van der Waals surface area contributed by atoms with Crippen LogP contribution in [0.1, 0.15) is 18.9 Å². The topological polar surface area (TPSA) is 59.6 Å². The van der Waals surface area contributed by atoms with Crippen molar-refractivity contribution >= 4 is 21.8 Å². The van der Waals surface area contributed by atoms with Gasteiger partial charge in [0.2, 0.25) is 0 Å². The normalized spacial score (nSPS) is 10.2. The molecule has 0 atom stereocenters. The van der Waals surface area contributed by atoms with Crippen LogP contribution in [0.4, 0.5) is 0 Å². The molecule has 1 rings (SSSR count). The van der Waals surface area contributed by atoms with E-state index in [0.717, 1.165) is 23.0 Å². The number of halogens is 1. The molecule has 0 aliphatic rings. The zero-order valence-electron chi connectivity index (χ0n) is 12.1. The number of hydrogen-bond donors (Lipinski definition) is 2. The molecule has 112 valence electrons. The van der Waals surface area contributed by atoms with Crippen LogP contribution < -0.4 is 20.1 Å². The van der Waals surface area contributed by atoms with E-state index in [0.29, 0.717) is 18.0 Å². The van der Waals surface area contributed by atoms with E-state index in [1.165, 1.54) is 0 Å². The van der Waals surface area contributed by atoms with Gasteiger partial charge in [-0.1, -0.05) is 6.92 Å². The number of benzene rings is 1. The van der Waals surface area contributed by atoms with E-state index < -0.39 is 0 Å². The maximum Gasteiger partial charge on any atom is 0.257 e. The highest BCUT2D eigenvalue weighted by Gasteiger charge is 2.13. The highest BCUT2D eigenvalue weighted by molar-refractivity contribution is 9.10. The predicted molar refractivity (Wildman–Crippen MR) is 82.3 cm³/mol. The van der Waals surface area contributed by atoms with Gasteiger partial charge >= 0.3 is 0 Å². The Balaban J connectivity index is 2.76. The standard InChI is InChI=1S/C14H21BrN2O3/c1-4-5-17-13(18)9-20-14-11(15)6-10(8-16-2)7-12(14)19-3/h6-7,16H,4-5,8-9H2,1-3H3,(H,17,18). The summed E-state index contributed by atoms with van der Waals surface area (Å²) in [5.74, 6) is 1.01. The fourth-order valence-electron chi connectivity index (χ4n) is 1.67. The van der Waals surface area contributed by atoms with Crippen LogP contribution in [-0.4, -0.2) is 33.2 Å². The third-order valence-corrected chi connectivity index (χ3v) is 3.18. The first-order valence-corrected chi connectivity index (χ1v) is 7.32. The number of amides is 1. The van der Waals surface area contributed by atoms with E-state index in [1.54, 1.807) is 7.11 Å². The van der Waals surface area contributed by atoms with Gasteiger partial charge < -0.3 is 20.1 Å². The summed E-state index contributed by atoms with van der Waals surface area (Å²) in [6.45, 7) is 3.36. The maximum atomic E-state index is 11.6. The van der Waals surface area contributed by atoms with Crippen LogP contribution in [-0.2, 0) is 11.3 Å². The van der Waals surface area contributed by atoms with Crippen LogP contribution >= 0.6 is 15.9 Å². The summed E-state index contributed by atoms with van der Waals surface area (Å²) >= 11 is 3.45. The number of ether oxygens (including phenoxy) is 2. The van der Waals surface area contributed by atoms with Crippen molar-refractivity contribution in [2.75, 3.05) is 27.3 Å². The minimum Gasteiger partial charge on any atom is -0.493 e. The Morgan fingerprint density at radius 2 is 2.15 bits per heavy atom. The average Bonchev–Trinajstić information content (AvgIpc) is 2.43. The van der Waals surface area contributed by atoms with E-state index in [4.69, 9.17) is 9.47 Å². The molecule has 20 heavy (non-hydrogen) atoms. The molecule has 0 heterocycles. The molecule has 1 aromatic carbocycles. The Labute approximate surface area is 128 Å². The first-order chi connectivity index (χ1) is 9.62. The van der Waals surface area contributed by atoms with Crippen LogP contribution in [0.3, 0.4) is 0 Å². The lowest BCUT2D eigenvalue weighted by molar-refractivity contribution is -0.123. The molecule has 6 heteroatoms. The van der Waals surface area contributed by atoms with Crippen molar-refractivity contribution in [1.82, 2.24) is 10.6 Å². The van der Waals surface area contributed by atoms with Crippen LogP contribution in [0.15, 0.2) is 16.6 Å². The van der Waals surface area contributed by atoms with E-state index >= 15 is 0 Å². The number of carbonyl (C=O) groups is 1.